The van der Waals surface area contributed by atoms with Gasteiger partial charge in [-0.2, -0.15) is 0 Å². The average Bonchev–Trinajstić information content (AvgIpc) is 2.73. The van der Waals surface area contributed by atoms with Crippen LogP contribution in [0.1, 0.15) is 36.5 Å². The summed E-state index contributed by atoms with van der Waals surface area (Å²) >= 11 is 0. The molecule has 1 saturated carbocycles. The zero-order valence-electron chi connectivity index (χ0n) is 11.1. The van der Waals surface area contributed by atoms with E-state index in [1.807, 2.05) is 0 Å². The summed E-state index contributed by atoms with van der Waals surface area (Å²) in [5.41, 5.74) is 11.3. The van der Waals surface area contributed by atoms with E-state index in [1.165, 1.54) is 18.9 Å². The molecule has 4 nitrogen and oxygen atoms in total. The molecule has 19 heavy (non-hydrogen) atoms. The van der Waals surface area contributed by atoms with Gasteiger partial charge in [0.25, 0.3) is 5.91 Å². The molecule has 104 valence electrons. The first-order valence-electron chi connectivity index (χ1n) is 6.61. The van der Waals surface area contributed by atoms with E-state index >= 15 is 0 Å². The lowest BCUT2D eigenvalue weighted by Gasteiger charge is -2.17. The van der Waals surface area contributed by atoms with E-state index in [0.29, 0.717) is 24.1 Å². The van der Waals surface area contributed by atoms with Gasteiger partial charge in [-0.3, -0.25) is 4.79 Å². The fourth-order valence-corrected chi connectivity index (χ4v) is 2.70. The summed E-state index contributed by atoms with van der Waals surface area (Å²) in [5.74, 6) is 0.108. The molecular weight excluding hydrogens is 245 g/mol. The molecule has 1 amide bonds. The number of carbonyl (C=O) groups excluding carboxylic acids is 1. The molecule has 0 bridgehead atoms. The van der Waals surface area contributed by atoms with Crippen molar-refractivity contribution in [1.29, 1.82) is 0 Å². The maximum Gasteiger partial charge on any atom is 0.250 e. The van der Waals surface area contributed by atoms with Crippen LogP contribution < -0.4 is 16.8 Å². The molecule has 0 saturated heterocycles. The Labute approximate surface area is 112 Å². The van der Waals surface area contributed by atoms with Gasteiger partial charge in [-0.05, 0) is 30.4 Å². The van der Waals surface area contributed by atoms with Crippen LogP contribution in [0.5, 0.6) is 0 Å². The Hall–Kier alpha value is -1.78. The Bertz CT molecular complexity index is 490. The first-order chi connectivity index (χ1) is 8.99. The molecule has 1 aliphatic carbocycles. The second-order valence-electron chi connectivity index (χ2n) is 5.33. The number of halogens is 1. The maximum absolute atomic E-state index is 13.8. The smallest absolute Gasteiger partial charge is 0.250 e. The Kier molecular flexibility index (Phi) is 3.93. The highest BCUT2D eigenvalue weighted by molar-refractivity contribution is 5.99. The van der Waals surface area contributed by atoms with E-state index in [-0.39, 0.29) is 11.3 Å². The SMILES string of the molecule is CC1CCCC1CNc1cc(C(N)=O)c(N)cc1F. The number of nitrogens with one attached hydrogen (secondary N) is 1. The predicted molar refractivity (Wildman–Crippen MR) is 74.3 cm³/mol. The van der Waals surface area contributed by atoms with Crippen molar-refractivity contribution >= 4 is 17.3 Å². The number of rotatable bonds is 4. The van der Waals surface area contributed by atoms with E-state index < -0.39 is 11.7 Å². The molecule has 0 radical (unpaired) electrons. The molecule has 0 aromatic heterocycles. The molecule has 1 fully saturated rings. The third-order valence-electron chi connectivity index (χ3n) is 4.00. The predicted octanol–water partition coefficient (Wildman–Crippen LogP) is 2.35. The van der Waals surface area contributed by atoms with Crippen molar-refractivity contribution in [2.75, 3.05) is 17.6 Å². The highest BCUT2D eigenvalue weighted by Gasteiger charge is 2.23. The summed E-state index contributed by atoms with van der Waals surface area (Å²) in [5, 5.41) is 3.07. The molecule has 2 atom stereocenters. The Morgan fingerprint density at radius 3 is 2.79 bits per heavy atom. The molecule has 0 aliphatic heterocycles. The van der Waals surface area contributed by atoms with Gasteiger partial charge in [0.1, 0.15) is 5.82 Å². The second-order valence-corrected chi connectivity index (χ2v) is 5.33. The van der Waals surface area contributed by atoms with Crippen LogP contribution in [0.4, 0.5) is 15.8 Å². The van der Waals surface area contributed by atoms with E-state index in [1.54, 1.807) is 0 Å². The number of hydrogen-bond acceptors (Lipinski definition) is 3. The quantitative estimate of drug-likeness (QED) is 0.731. The third-order valence-corrected chi connectivity index (χ3v) is 4.00. The molecule has 0 heterocycles. The number of carbonyl (C=O) groups is 1. The van der Waals surface area contributed by atoms with Gasteiger partial charge < -0.3 is 16.8 Å². The first kappa shape index (κ1) is 13.6. The number of benzene rings is 1. The Morgan fingerprint density at radius 2 is 2.21 bits per heavy atom. The van der Waals surface area contributed by atoms with Crippen molar-refractivity contribution in [3.05, 3.63) is 23.5 Å². The highest BCUT2D eigenvalue weighted by atomic mass is 19.1. The van der Waals surface area contributed by atoms with Crippen LogP contribution in [0.3, 0.4) is 0 Å². The molecular formula is C14H20FN3O. The van der Waals surface area contributed by atoms with Gasteiger partial charge in [-0.1, -0.05) is 19.8 Å². The van der Waals surface area contributed by atoms with Crippen LogP contribution in [-0.4, -0.2) is 12.5 Å². The number of anilines is 2. The van der Waals surface area contributed by atoms with Crippen molar-refractivity contribution in [2.24, 2.45) is 17.6 Å². The lowest BCUT2D eigenvalue weighted by Crippen LogP contribution is -2.19. The van der Waals surface area contributed by atoms with E-state index in [0.717, 1.165) is 12.5 Å². The molecule has 0 spiro atoms. The Balaban J connectivity index is 2.11. The minimum Gasteiger partial charge on any atom is -0.398 e. The van der Waals surface area contributed by atoms with Crippen LogP contribution in [0.15, 0.2) is 12.1 Å². The van der Waals surface area contributed by atoms with E-state index in [4.69, 9.17) is 11.5 Å². The fourth-order valence-electron chi connectivity index (χ4n) is 2.70. The van der Waals surface area contributed by atoms with Crippen LogP contribution in [0, 0.1) is 17.7 Å². The largest absolute Gasteiger partial charge is 0.398 e. The second kappa shape index (κ2) is 5.47. The monoisotopic (exact) mass is 265 g/mol. The van der Waals surface area contributed by atoms with Crippen LogP contribution in [-0.2, 0) is 0 Å². The molecule has 1 aliphatic rings. The number of hydrogen-bond donors (Lipinski definition) is 3. The summed E-state index contributed by atoms with van der Waals surface area (Å²) in [4.78, 5) is 11.2. The van der Waals surface area contributed by atoms with Crippen molar-refractivity contribution in [2.45, 2.75) is 26.2 Å². The lowest BCUT2D eigenvalue weighted by atomic mass is 9.98. The third kappa shape index (κ3) is 2.97. The van der Waals surface area contributed by atoms with E-state index in [2.05, 4.69) is 12.2 Å². The number of nitrogens with two attached hydrogens (primary N) is 2. The zero-order chi connectivity index (χ0) is 14.0. The number of nitrogen functional groups attached to an aromatic ring is 1. The minimum atomic E-state index is -0.644. The summed E-state index contributed by atoms with van der Waals surface area (Å²) in [7, 11) is 0. The van der Waals surface area contributed by atoms with Gasteiger partial charge in [0.05, 0.1) is 11.3 Å². The first-order valence-corrected chi connectivity index (χ1v) is 6.61. The van der Waals surface area contributed by atoms with Gasteiger partial charge in [-0.25, -0.2) is 4.39 Å². The van der Waals surface area contributed by atoms with Crippen LogP contribution in [0.25, 0.3) is 0 Å². The summed E-state index contributed by atoms with van der Waals surface area (Å²) in [6.07, 6.45) is 3.61. The van der Waals surface area contributed by atoms with Crippen molar-refractivity contribution < 1.29 is 9.18 Å². The standard InChI is InChI=1S/C14H20FN3O/c1-8-3-2-4-9(8)7-18-13-5-10(14(17)19)12(16)6-11(13)15/h5-6,8-9,18H,2-4,7,16H2,1H3,(H2,17,19). The molecule has 2 unspecified atom stereocenters. The summed E-state index contributed by atoms with van der Waals surface area (Å²) < 4.78 is 13.8. The minimum absolute atomic E-state index is 0.0739. The van der Waals surface area contributed by atoms with Gasteiger partial charge in [0.15, 0.2) is 0 Å². The van der Waals surface area contributed by atoms with Gasteiger partial charge in [0.2, 0.25) is 0 Å². The topological polar surface area (TPSA) is 81.1 Å². The van der Waals surface area contributed by atoms with Gasteiger partial charge in [0, 0.05) is 12.2 Å². The summed E-state index contributed by atoms with van der Waals surface area (Å²) in [6.45, 7) is 2.92. The Morgan fingerprint density at radius 1 is 1.47 bits per heavy atom. The fraction of sp³-hybridized carbons (Fsp3) is 0.500. The van der Waals surface area contributed by atoms with Crippen LogP contribution in [0.2, 0.25) is 0 Å². The van der Waals surface area contributed by atoms with Gasteiger partial charge in [-0.15, -0.1) is 0 Å². The summed E-state index contributed by atoms with van der Waals surface area (Å²) in [6, 6.07) is 2.53. The van der Waals surface area contributed by atoms with Crippen molar-refractivity contribution in [3.8, 4) is 0 Å². The molecule has 5 heteroatoms. The molecule has 5 N–H and O–H groups in total. The highest BCUT2D eigenvalue weighted by Crippen LogP contribution is 2.31. The van der Waals surface area contributed by atoms with E-state index in [9.17, 15) is 9.18 Å². The van der Waals surface area contributed by atoms with Crippen molar-refractivity contribution in [1.82, 2.24) is 0 Å². The van der Waals surface area contributed by atoms with Crippen LogP contribution >= 0.6 is 0 Å². The van der Waals surface area contributed by atoms with Gasteiger partial charge >= 0.3 is 0 Å². The number of amides is 1. The number of primary amides is 1. The van der Waals surface area contributed by atoms with Crippen molar-refractivity contribution in [3.63, 3.8) is 0 Å². The lowest BCUT2D eigenvalue weighted by molar-refractivity contribution is 0.100. The average molecular weight is 265 g/mol. The normalized spacial score (nSPS) is 22.4. The molecule has 2 rings (SSSR count). The maximum atomic E-state index is 13.8. The molecule has 1 aromatic carbocycles. The molecule has 1 aromatic rings. The zero-order valence-corrected chi connectivity index (χ0v) is 11.1.